The summed E-state index contributed by atoms with van der Waals surface area (Å²) >= 11 is 12.0. The molecule has 1 N–H and O–H groups in total. The van der Waals surface area contributed by atoms with Crippen molar-refractivity contribution in [2.24, 2.45) is 0 Å². The van der Waals surface area contributed by atoms with E-state index in [0.29, 0.717) is 24.4 Å². The molecule has 136 valence electrons. The Morgan fingerprint density at radius 1 is 1.00 bits per heavy atom. The van der Waals surface area contributed by atoms with E-state index in [1.165, 1.54) is 6.07 Å². The Labute approximate surface area is 162 Å². The van der Waals surface area contributed by atoms with E-state index < -0.39 is 10.0 Å². The van der Waals surface area contributed by atoms with Gasteiger partial charge in [0.25, 0.3) is 10.0 Å². The average Bonchev–Trinajstić information content (AvgIpc) is 2.61. The molecule has 2 aliphatic heterocycles. The first-order valence-electron chi connectivity index (χ1n) is 8.29. The number of benzene rings is 2. The van der Waals surface area contributed by atoms with E-state index in [1.54, 1.807) is 29.2 Å². The lowest BCUT2D eigenvalue weighted by Crippen LogP contribution is -2.39. The van der Waals surface area contributed by atoms with E-state index in [1.807, 2.05) is 0 Å². The third-order valence-corrected chi connectivity index (χ3v) is 6.64. The van der Waals surface area contributed by atoms with Gasteiger partial charge in [-0.05, 0) is 60.7 Å². The Kier molecular flexibility index (Phi) is 4.37. The molecule has 0 atom stereocenters. The molecule has 8 heteroatoms. The first-order chi connectivity index (χ1) is 12.3. The van der Waals surface area contributed by atoms with Gasteiger partial charge in [0, 0.05) is 18.0 Å². The van der Waals surface area contributed by atoms with Crippen LogP contribution < -0.4 is 9.62 Å². The maximum Gasteiger partial charge on any atom is 0.261 e. The van der Waals surface area contributed by atoms with Gasteiger partial charge in [0.2, 0.25) is 5.91 Å². The molecule has 0 radical (unpaired) electrons. The van der Waals surface area contributed by atoms with Crippen LogP contribution in [0.25, 0.3) is 0 Å². The average molecular weight is 411 g/mol. The zero-order valence-electron chi connectivity index (χ0n) is 13.8. The fourth-order valence-electron chi connectivity index (χ4n) is 3.56. The Morgan fingerprint density at radius 3 is 2.50 bits per heavy atom. The Morgan fingerprint density at radius 2 is 1.73 bits per heavy atom. The van der Waals surface area contributed by atoms with Gasteiger partial charge >= 0.3 is 0 Å². The zero-order chi connectivity index (χ0) is 18.5. The molecule has 0 fully saturated rings. The number of anilines is 2. The van der Waals surface area contributed by atoms with Crippen molar-refractivity contribution in [3.8, 4) is 0 Å². The maximum atomic E-state index is 12.9. The smallest absolute Gasteiger partial charge is 0.261 e. The highest BCUT2D eigenvalue weighted by atomic mass is 35.5. The van der Waals surface area contributed by atoms with E-state index in [9.17, 15) is 13.2 Å². The van der Waals surface area contributed by atoms with Crippen LogP contribution in [-0.4, -0.2) is 20.9 Å². The quantitative estimate of drug-likeness (QED) is 0.830. The van der Waals surface area contributed by atoms with Crippen molar-refractivity contribution < 1.29 is 13.2 Å². The van der Waals surface area contributed by atoms with Gasteiger partial charge in [0.15, 0.2) is 0 Å². The van der Waals surface area contributed by atoms with Crippen molar-refractivity contribution in [3.63, 3.8) is 0 Å². The van der Waals surface area contributed by atoms with Gasteiger partial charge in [0.1, 0.15) is 0 Å². The summed E-state index contributed by atoms with van der Waals surface area (Å²) in [5, 5.41) is 0.663. The molecule has 1 amide bonds. The first-order valence-corrected chi connectivity index (χ1v) is 10.5. The van der Waals surface area contributed by atoms with E-state index in [0.717, 1.165) is 29.7 Å². The number of rotatable bonds is 3. The van der Waals surface area contributed by atoms with Crippen LogP contribution in [0.4, 0.5) is 11.4 Å². The largest absolute Gasteiger partial charge is 0.312 e. The summed E-state index contributed by atoms with van der Waals surface area (Å²) in [4.78, 5) is 14.1. The number of halogens is 2. The molecule has 0 aromatic heterocycles. The summed E-state index contributed by atoms with van der Waals surface area (Å²) in [5.41, 5.74) is 2.94. The fourth-order valence-corrected chi connectivity index (χ4v) is 5.12. The molecule has 0 spiro atoms. The summed E-state index contributed by atoms with van der Waals surface area (Å²) in [7, 11) is -3.82. The van der Waals surface area contributed by atoms with Crippen LogP contribution in [0.2, 0.25) is 10.0 Å². The zero-order valence-corrected chi connectivity index (χ0v) is 16.1. The molecule has 4 rings (SSSR count). The third kappa shape index (κ3) is 3.06. The highest BCUT2D eigenvalue weighted by Gasteiger charge is 2.31. The predicted octanol–water partition coefficient (Wildman–Crippen LogP) is 4.02. The molecular formula is C18H16Cl2N2O3S. The highest BCUT2D eigenvalue weighted by molar-refractivity contribution is 7.92. The minimum absolute atomic E-state index is 0.109. The standard InChI is InChI=1S/C18H16Cl2N2O3S/c19-13-4-5-15(20)16(10-13)21-26(24,25)14-8-11-2-1-7-22-17(23)6-3-12(9-14)18(11)22/h4-5,8-10,21H,1-3,6-7H2. The van der Waals surface area contributed by atoms with E-state index in [-0.39, 0.29) is 21.5 Å². The van der Waals surface area contributed by atoms with Crippen molar-refractivity contribution >= 4 is 50.5 Å². The van der Waals surface area contributed by atoms with Crippen LogP contribution in [-0.2, 0) is 27.7 Å². The molecule has 26 heavy (non-hydrogen) atoms. The fraction of sp³-hybridized carbons (Fsp3) is 0.278. The summed E-state index contributed by atoms with van der Waals surface area (Å²) < 4.78 is 28.3. The molecule has 2 aromatic carbocycles. The molecule has 0 aliphatic carbocycles. The summed E-state index contributed by atoms with van der Waals surface area (Å²) in [6, 6.07) is 7.93. The number of hydrogen-bond donors (Lipinski definition) is 1. The van der Waals surface area contributed by atoms with Gasteiger partial charge in [-0.2, -0.15) is 0 Å². The second-order valence-corrected chi connectivity index (χ2v) is 8.99. The van der Waals surface area contributed by atoms with Crippen molar-refractivity contribution in [2.75, 3.05) is 16.2 Å². The SMILES string of the molecule is O=C1CCc2cc(S(=O)(=O)Nc3cc(Cl)ccc3Cl)cc3c2N1CCC3. The first kappa shape index (κ1) is 17.6. The van der Waals surface area contributed by atoms with Crippen molar-refractivity contribution in [3.05, 3.63) is 51.5 Å². The topological polar surface area (TPSA) is 66.5 Å². The van der Waals surface area contributed by atoms with Gasteiger partial charge < -0.3 is 4.90 Å². The van der Waals surface area contributed by atoms with Crippen LogP contribution in [0, 0.1) is 0 Å². The number of aryl methyl sites for hydroxylation is 2. The minimum atomic E-state index is -3.82. The van der Waals surface area contributed by atoms with Crippen LogP contribution in [0.1, 0.15) is 24.0 Å². The number of hydrogen-bond acceptors (Lipinski definition) is 3. The van der Waals surface area contributed by atoms with Gasteiger partial charge in [-0.1, -0.05) is 23.2 Å². The number of carbonyl (C=O) groups excluding carboxylic acids is 1. The van der Waals surface area contributed by atoms with E-state index in [4.69, 9.17) is 23.2 Å². The van der Waals surface area contributed by atoms with Crippen molar-refractivity contribution in [1.29, 1.82) is 0 Å². The minimum Gasteiger partial charge on any atom is -0.312 e. The summed E-state index contributed by atoms with van der Waals surface area (Å²) in [5.74, 6) is 0.109. The van der Waals surface area contributed by atoms with Crippen molar-refractivity contribution in [2.45, 2.75) is 30.6 Å². The number of carbonyl (C=O) groups is 1. The molecule has 2 aliphatic rings. The second-order valence-electron chi connectivity index (χ2n) is 6.47. The lowest BCUT2D eigenvalue weighted by atomic mass is 9.92. The predicted molar refractivity (Wildman–Crippen MR) is 103 cm³/mol. The number of sulfonamides is 1. The molecule has 0 unspecified atom stereocenters. The highest BCUT2D eigenvalue weighted by Crippen LogP contribution is 2.38. The van der Waals surface area contributed by atoms with Gasteiger partial charge in [0.05, 0.1) is 21.3 Å². The molecule has 0 bridgehead atoms. The van der Waals surface area contributed by atoms with Crippen LogP contribution in [0.15, 0.2) is 35.2 Å². The van der Waals surface area contributed by atoms with Gasteiger partial charge in [-0.15, -0.1) is 0 Å². The van der Waals surface area contributed by atoms with Gasteiger partial charge in [-0.3, -0.25) is 9.52 Å². The van der Waals surface area contributed by atoms with E-state index >= 15 is 0 Å². The molecular weight excluding hydrogens is 395 g/mol. The Bertz CT molecular complexity index is 1000. The molecule has 0 saturated heterocycles. The number of nitrogens with one attached hydrogen (secondary N) is 1. The summed E-state index contributed by atoms with van der Waals surface area (Å²) in [6.45, 7) is 0.696. The number of amides is 1. The summed E-state index contributed by atoms with van der Waals surface area (Å²) in [6.07, 6.45) is 2.55. The third-order valence-electron chi connectivity index (χ3n) is 4.73. The Hall–Kier alpha value is -1.76. The second kappa shape index (κ2) is 6.44. The number of nitrogens with zero attached hydrogens (tertiary/aromatic N) is 1. The van der Waals surface area contributed by atoms with Crippen LogP contribution >= 0.6 is 23.2 Å². The normalized spacial score (nSPS) is 16.4. The molecule has 2 heterocycles. The monoisotopic (exact) mass is 410 g/mol. The van der Waals surface area contributed by atoms with Crippen LogP contribution in [0.3, 0.4) is 0 Å². The van der Waals surface area contributed by atoms with Crippen molar-refractivity contribution in [1.82, 2.24) is 0 Å². The Balaban J connectivity index is 1.76. The maximum absolute atomic E-state index is 12.9. The van der Waals surface area contributed by atoms with E-state index in [2.05, 4.69) is 4.72 Å². The van der Waals surface area contributed by atoms with Gasteiger partial charge in [-0.25, -0.2) is 8.42 Å². The molecule has 2 aromatic rings. The lowest BCUT2D eigenvalue weighted by Gasteiger charge is -2.35. The van der Waals surface area contributed by atoms with Crippen LogP contribution in [0.5, 0.6) is 0 Å². The molecule has 5 nitrogen and oxygen atoms in total. The lowest BCUT2D eigenvalue weighted by molar-refractivity contribution is -0.119. The molecule has 0 saturated carbocycles.